The van der Waals surface area contributed by atoms with E-state index in [-0.39, 0.29) is 0 Å². The molecule has 0 saturated carbocycles. The van der Waals surface area contributed by atoms with E-state index in [0.717, 1.165) is 11.3 Å². The summed E-state index contributed by atoms with van der Waals surface area (Å²) in [6.45, 7) is 2.80. The Morgan fingerprint density at radius 3 is 2.81 bits per heavy atom. The molecule has 0 aliphatic heterocycles. The summed E-state index contributed by atoms with van der Waals surface area (Å²) >= 11 is 0. The quantitative estimate of drug-likeness (QED) is 0.858. The topological polar surface area (TPSA) is 40.2 Å². The maximum absolute atomic E-state index is 5.72. The first-order valence-corrected chi connectivity index (χ1v) is 5.51. The van der Waals surface area contributed by atoms with Gasteiger partial charge in [0.1, 0.15) is 5.75 Å². The van der Waals surface area contributed by atoms with Gasteiger partial charge < -0.3 is 15.0 Å². The van der Waals surface area contributed by atoms with Gasteiger partial charge >= 0.3 is 0 Å². The van der Waals surface area contributed by atoms with Crippen LogP contribution in [-0.2, 0) is 7.05 Å². The van der Waals surface area contributed by atoms with Crippen LogP contribution in [0.25, 0.3) is 10.9 Å². The van der Waals surface area contributed by atoms with Gasteiger partial charge in [0, 0.05) is 30.6 Å². The Morgan fingerprint density at radius 1 is 1.44 bits per heavy atom. The monoisotopic (exact) mass is 218 g/mol. The Bertz CT molecular complexity index is 502. The SMILES string of the molecule is COc1cccc2cc(C(C)CN)n(C)c12. The van der Waals surface area contributed by atoms with Crippen LogP contribution in [0.5, 0.6) is 5.75 Å². The molecule has 1 atom stereocenters. The number of rotatable bonds is 3. The maximum atomic E-state index is 5.72. The normalized spacial score (nSPS) is 13.0. The molecule has 0 radical (unpaired) electrons. The molecule has 1 aromatic carbocycles. The van der Waals surface area contributed by atoms with Crippen molar-refractivity contribution in [2.75, 3.05) is 13.7 Å². The molecule has 2 rings (SSSR count). The van der Waals surface area contributed by atoms with Crippen molar-refractivity contribution in [2.24, 2.45) is 12.8 Å². The minimum Gasteiger partial charge on any atom is -0.495 e. The van der Waals surface area contributed by atoms with Gasteiger partial charge in [-0.1, -0.05) is 19.1 Å². The van der Waals surface area contributed by atoms with E-state index in [1.165, 1.54) is 11.1 Å². The number of aryl methyl sites for hydroxylation is 1. The lowest BCUT2D eigenvalue weighted by Gasteiger charge is -2.11. The molecule has 0 saturated heterocycles. The maximum Gasteiger partial charge on any atom is 0.143 e. The number of methoxy groups -OCH3 is 1. The van der Waals surface area contributed by atoms with Crippen molar-refractivity contribution in [3.63, 3.8) is 0 Å². The van der Waals surface area contributed by atoms with E-state index in [4.69, 9.17) is 10.5 Å². The van der Waals surface area contributed by atoms with Crippen LogP contribution < -0.4 is 10.5 Å². The second kappa shape index (κ2) is 4.18. The zero-order valence-corrected chi connectivity index (χ0v) is 10.0. The lowest BCUT2D eigenvalue weighted by atomic mass is 10.1. The molecule has 0 bridgehead atoms. The van der Waals surface area contributed by atoms with Crippen LogP contribution in [0, 0.1) is 0 Å². The summed E-state index contributed by atoms with van der Waals surface area (Å²) in [5.41, 5.74) is 8.11. The second-order valence-electron chi connectivity index (χ2n) is 4.16. The van der Waals surface area contributed by atoms with Crippen LogP contribution in [0.15, 0.2) is 24.3 Å². The van der Waals surface area contributed by atoms with E-state index in [2.05, 4.69) is 30.7 Å². The number of hydrogen-bond donors (Lipinski definition) is 1. The summed E-state index contributed by atoms with van der Waals surface area (Å²) in [5.74, 6) is 1.28. The first kappa shape index (κ1) is 11.0. The first-order chi connectivity index (χ1) is 7.69. The van der Waals surface area contributed by atoms with E-state index >= 15 is 0 Å². The Hall–Kier alpha value is -1.48. The highest BCUT2D eigenvalue weighted by Gasteiger charge is 2.13. The molecule has 16 heavy (non-hydrogen) atoms. The number of para-hydroxylation sites is 1. The molecule has 1 heterocycles. The smallest absolute Gasteiger partial charge is 0.143 e. The minimum absolute atomic E-state index is 0.363. The highest BCUT2D eigenvalue weighted by Crippen LogP contribution is 2.30. The fraction of sp³-hybridized carbons (Fsp3) is 0.385. The van der Waals surface area contributed by atoms with E-state index in [1.54, 1.807) is 7.11 Å². The van der Waals surface area contributed by atoms with Crippen LogP contribution in [0.1, 0.15) is 18.5 Å². The lowest BCUT2D eigenvalue weighted by Crippen LogP contribution is -2.12. The van der Waals surface area contributed by atoms with Gasteiger partial charge in [-0.2, -0.15) is 0 Å². The van der Waals surface area contributed by atoms with Crippen LogP contribution in [-0.4, -0.2) is 18.2 Å². The molecular weight excluding hydrogens is 200 g/mol. The average Bonchev–Trinajstić information content (AvgIpc) is 2.66. The number of nitrogens with two attached hydrogens (primary N) is 1. The molecule has 3 heteroatoms. The third-order valence-corrected chi connectivity index (χ3v) is 3.13. The molecule has 2 N–H and O–H groups in total. The van der Waals surface area contributed by atoms with Gasteiger partial charge in [-0.25, -0.2) is 0 Å². The molecule has 2 aromatic rings. The molecule has 1 aromatic heterocycles. The van der Waals surface area contributed by atoms with Crippen molar-refractivity contribution in [1.82, 2.24) is 4.57 Å². The summed E-state index contributed by atoms with van der Waals surface area (Å²) in [4.78, 5) is 0. The number of nitrogens with zero attached hydrogens (tertiary/aromatic N) is 1. The lowest BCUT2D eigenvalue weighted by molar-refractivity contribution is 0.417. The number of ether oxygens (including phenoxy) is 1. The molecule has 0 amide bonds. The summed E-state index contributed by atoms with van der Waals surface area (Å²) in [7, 11) is 3.76. The Balaban J connectivity index is 2.68. The van der Waals surface area contributed by atoms with Crippen LogP contribution in [0.3, 0.4) is 0 Å². The van der Waals surface area contributed by atoms with Gasteiger partial charge in [-0.3, -0.25) is 0 Å². The van der Waals surface area contributed by atoms with Crippen molar-refractivity contribution < 1.29 is 4.74 Å². The Kier molecular flexibility index (Phi) is 2.88. The van der Waals surface area contributed by atoms with Gasteiger partial charge in [-0.05, 0) is 12.1 Å². The first-order valence-electron chi connectivity index (χ1n) is 5.51. The average molecular weight is 218 g/mol. The fourth-order valence-corrected chi connectivity index (χ4v) is 2.16. The largest absolute Gasteiger partial charge is 0.495 e. The van der Waals surface area contributed by atoms with E-state index in [1.807, 2.05) is 12.1 Å². The third-order valence-electron chi connectivity index (χ3n) is 3.13. The number of fused-ring (bicyclic) bond motifs is 1. The van der Waals surface area contributed by atoms with Crippen molar-refractivity contribution in [3.05, 3.63) is 30.0 Å². The van der Waals surface area contributed by atoms with Gasteiger partial charge in [-0.15, -0.1) is 0 Å². The summed E-state index contributed by atoms with van der Waals surface area (Å²) < 4.78 is 7.56. The summed E-state index contributed by atoms with van der Waals surface area (Å²) in [5, 5.41) is 1.21. The molecule has 1 unspecified atom stereocenters. The van der Waals surface area contributed by atoms with Gasteiger partial charge in [0.05, 0.1) is 12.6 Å². The molecule has 0 fully saturated rings. The van der Waals surface area contributed by atoms with Crippen molar-refractivity contribution in [2.45, 2.75) is 12.8 Å². The van der Waals surface area contributed by atoms with E-state index in [0.29, 0.717) is 12.5 Å². The van der Waals surface area contributed by atoms with Gasteiger partial charge in [0.15, 0.2) is 0 Å². The third kappa shape index (κ3) is 1.57. The number of benzene rings is 1. The van der Waals surface area contributed by atoms with E-state index < -0.39 is 0 Å². The predicted octanol–water partition coefficient (Wildman–Crippen LogP) is 2.25. The molecule has 86 valence electrons. The molecule has 0 aliphatic carbocycles. The van der Waals surface area contributed by atoms with Gasteiger partial charge in [0.25, 0.3) is 0 Å². The van der Waals surface area contributed by atoms with Crippen LogP contribution in [0.4, 0.5) is 0 Å². The van der Waals surface area contributed by atoms with Crippen LogP contribution >= 0.6 is 0 Å². The summed E-state index contributed by atoms with van der Waals surface area (Å²) in [6, 6.07) is 8.29. The van der Waals surface area contributed by atoms with Crippen molar-refractivity contribution in [3.8, 4) is 5.75 Å². The van der Waals surface area contributed by atoms with Crippen molar-refractivity contribution in [1.29, 1.82) is 0 Å². The highest BCUT2D eigenvalue weighted by molar-refractivity contribution is 5.87. The zero-order valence-electron chi connectivity index (χ0n) is 10.0. The van der Waals surface area contributed by atoms with E-state index in [9.17, 15) is 0 Å². The summed E-state index contributed by atoms with van der Waals surface area (Å²) in [6.07, 6.45) is 0. The standard InChI is InChI=1S/C13H18N2O/c1-9(8-14)11-7-10-5-4-6-12(16-3)13(10)15(11)2/h4-7,9H,8,14H2,1-3H3. The molecule has 3 nitrogen and oxygen atoms in total. The predicted molar refractivity (Wildman–Crippen MR) is 66.9 cm³/mol. The number of aromatic nitrogens is 1. The Morgan fingerprint density at radius 2 is 2.19 bits per heavy atom. The van der Waals surface area contributed by atoms with Crippen molar-refractivity contribution >= 4 is 10.9 Å². The van der Waals surface area contributed by atoms with Crippen LogP contribution in [0.2, 0.25) is 0 Å². The zero-order chi connectivity index (χ0) is 11.7. The Labute approximate surface area is 95.8 Å². The number of hydrogen-bond acceptors (Lipinski definition) is 2. The fourth-order valence-electron chi connectivity index (χ4n) is 2.16. The molecular formula is C13H18N2O. The highest BCUT2D eigenvalue weighted by atomic mass is 16.5. The second-order valence-corrected chi connectivity index (χ2v) is 4.16. The van der Waals surface area contributed by atoms with Gasteiger partial charge in [0.2, 0.25) is 0 Å². The molecule has 0 spiro atoms. The minimum atomic E-state index is 0.363. The molecule has 0 aliphatic rings.